The normalized spacial score (nSPS) is 16.2. The summed E-state index contributed by atoms with van der Waals surface area (Å²) in [7, 11) is 2.00. The molecule has 0 aliphatic carbocycles. The molecule has 0 bridgehead atoms. The highest BCUT2D eigenvalue weighted by molar-refractivity contribution is 5.79. The van der Waals surface area contributed by atoms with Crippen LogP contribution in [0.3, 0.4) is 0 Å². The lowest BCUT2D eigenvalue weighted by Gasteiger charge is -2.32. The predicted molar refractivity (Wildman–Crippen MR) is 98.1 cm³/mol. The highest BCUT2D eigenvalue weighted by atomic mass is 16.2. The fourth-order valence-electron chi connectivity index (χ4n) is 3.60. The number of rotatable bonds is 7. The molecule has 1 N–H and O–H groups in total. The van der Waals surface area contributed by atoms with Gasteiger partial charge in [-0.25, -0.2) is 0 Å². The number of likely N-dealkylation sites (tertiary alicyclic amines) is 1. The van der Waals surface area contributed by atoms with Crippen LogP contribution in [0.15, 0.2) is 0 Å². The lowest BCUT2D eigenvalue weighted by Crippen LogP contribution is -2.39. The monoisotopic (exact) mass is 334 g/mol. The Labute approximate surface area is 146 Å². The summed E-state index contributed by atoms with van der Waals surface area (Å²) in [5.41, 5.74) is 3.28. The smallest absolute Gasteiger partial charge is 0.227 e. The number of aromatic nitrogens is 2. The van der Waals surface area contributed by atoms with Crippen LogP contribution in [0.2, 0.25) is 0 Å². The van der Waals surface area contributed by atoms with Crippen molar-refractivity contribution in [3.8, 4) is 0 Å². The Balaban J connectivity index is 1.92. The van der Waals surface area contributed by atoms with E-state index in [1.165, 1.54) is 6.42 Å². The molecule has 1 saturated heterocycles. The van der Waals surface area contributed by atoms with Crippen LogP contribution in [0, 0.1) is 25.7 Å². The second-order valence-corrected chi connectivity index (χ2v) is 7.62. The molecule has 1 aromatic rings. The van der Waals surface area contributed by atoms with E-state index in [0.717, 1.165) is 61.9 Å². The van der Waals surface area contributed by atoms with Crippen molar-refractivity contribution >= 4 is 5.91 Å². The number of carbonyl (C=O) groups is 1. The average Bonchev–Trinajstić information content (AvgIpc) is 2.80. The third-order valence-electron chi connectivity index (χ3n) is 5.17. The van der Waals surface area contributed by atoms with E-state index in [-0.39, 0.29) is 5.91 Å². The second kappa shape index (κ2) is 8.65. The summed E-state index contributed by atoms with van der Waals surface area (Å²) in [4.78, 5) is 14.8. The van der Waals surface area contributed by atoms with Gasteiger partial charge in [0.2, 0.25) is 5.91 Å². The molecule has 1 aliphatic heterocycles. The van der Waals surface area contributed by atoms with Crippen molar-refractivity contribution in [2.45, 2.75) is 59.9 Å². The molecule has 5 nitrogen and oxygen atoms in total. The molecule has 0 radical (unpaired) electrons. The van der Waals surface area contributed by atoms with Gasteiger partial charge in [-0.2, -0.15) is 5.10 Å². The van der Waals surface area contributed by atoms with E-state index in [4.69, 9.17) is 0 Å². The average molecular weight is 335 g/mol. The number of nitrogens with one attached hydrogen (secondary N) is 1. The maximum atomic E-state index is 12.7. The number of piperidine rings is 1. The summed E-state index contributed by atoms with van der Waals surface area (Å²) in [6, 6.07) is 0. The van der Waals surface area contributed by atoms with Gasteiger partial charge in [0.15, 0.2) is 0 Å². The van der Waals surface area contributed by atoms with Crippen LogP contribution in [0.5, 0.6) is 0 Å². The minimum atomic E-state index is 0.261. The van der Waals surface area contributed by atoms with E-state index in [2.05, 4.69) is 40.8 Å². The zero-order chi connectivity index (χ0) is 17.7. The Morgan fingerprint density at radius 3 is 2.54 bits per heavy atom. The topological polar surface area (TPSA) is 50.2 Å². The summed E-state index contributed by atoms with van der Waals surface area (Å²) in [6.45, 7) is 12.3. The fourth-order valence-corrected chi connectivity index (χ4v) is 3.60. The maximum Gasteiger partial charge on any atom is 0.227 e. The van der Waals surface area contributed by atoms with Crippen LogP contribution < -0.4 is 5.32 Å². The number of hydrogen-bond acceptors (Lipinski definition) is 3. The SMILES string of the molecule is CNCCC1CCN(C(=O)Cc2c(C)nn(CC(C)C)c2C)CC1. The number of amides is 1. The van der Waals surface area contributed by atoms with Crippen LogP contribution >= 0.6 is 0 Å². The summed E-state index contributed by atoms with van der Waals surface area (Å²) in [5, 5.41) is 7.85. The van der Waals surface area contributed by atoms with Crippen LogP contribution in [-0.4, -0.2) is 47.3 Å². The number of nitrogens with zero attached hydrogens (tertiary/aromatic N) is 3. The van der Waals surface area contributed by atoms with E-state index in [9.17, 15) is 4.79 Å². The van der Waals surface area contributed by atoms with Gasteiger partial charge >= 0.3 is 0 Å². The van der Waals surface area contributed by atoms with Crippen molar-refractivity contribution in [1.29, 1.82) is 0 Å². The molecular weight excluding hydrogens is 300 g/mol. The van der Waals surface area contributed by atoms with E-state index in [0.29, 0.717) is 12.3 Å². The van der Waals surface area contributed by atoms with Gasteiger partial charge in [-0.1, -0.05) is 13.8 Å². The van der Waals surface area contributed by atoms with Crippen molar-refractivity contribution < 1.29 is 4.79 Å². The zero-order valence-electron chi connectivity index (χ0n) is 16.1. The quantitative estimate of drug-likeness (QED) is 0.834. The fraction of sp³-hybridized carbons (Fsp3) is 0.789. The number of hydrogen-bond donors (Lipinski definition) is 1. The Morgan fingerprint density at radius 2 is 1.96 bits per heavy atom. The van der Waals surface area contributed by atoms with E-state index >= 15 is 0 Å². The molecule has 1 amide bonds. The molecule has 0 atom stereocenters. The molecule has 24 heavy (non-hydrogen) atoms. The van der Waals surface area contributed by atoms with Crippen molar-refractivity contribution in [3.63, 3.8) is 0 Å². The first kappa shape index (κ1) is 19.0. The first-order valence-electron chi connectivity index (χ1n) is 9.37. The maximum absolute atomic E-state index is 12.7. The standard InChI is InChI=1S/C19H34N4O/c1-14(2)13-23-16(4)18(15(3)21-23)12-19(24)22-10-7-17(8-11-22)6-9-20-5/h14,17,20H,6-13H2,1-5H3. The second-order valence-electron chi connectivity index (χ2n) is 7.62. The number of aryl methyl sites for hydroxylation is 1. The van der Waals surface area contributed by atoms with Crippen molar-refractivity contribution in [2.24, 2.45) is 11.8 Å². The Kier molecular flexibility index (Phi) is 6.84. The lowest BCUT2D eigenvalue weighted by atomic mass is 9.93. The van der Waals surface area contributed by atoms with Crippen LogP contribution in [0.25, 0.3) is 0 Å². The van der Waals surface area contributed by atoms with Crippen LogP contribution in [-0.2, 0) is 17.8 Å². The van der Waals surface area contributed by atoms with Gasteiger partial charge in [0.25, 0.3) is 0 Å². The van der Waals surface area contributed by atoms with Crippen LogP contribution in [0.4, 0.5) is 0 Å². The number of carbonyl (C=O) groups excluding carboxylic acids is 1. The van der Waals surface area contributed by atoms with Gasteiger partial charge in [-0.05, 0) is 58.5 Å². The van der Waals surface area contributed by atoms with Crippen LogP contribution in [0.1, 0.15) is 50.1 Å². The third kappa shape index (κ3) is 4.82. The summed E-state index contributed by atoms with van der Waals surface area (Å²) >= 11 is 0. The molecule has 1 fully saturated rings. The molecule has 0 aromatic carbocycles. The first-order valence-corrected chi connectivity index (χ1v) is 9.37. The molecule has 0 saturated carbocycles. The van der Waals surface area contributed by atoms with Gasteiger partial charge in [0.05, 0.1) is 12.1 Å². The predicted octanol–water partition coefficient (Wildman–Crippen LogP) is 2.55. The molecular formula is C19H34N4O. The Bertz CT molecular complexity index is 542. The minimum Gasteiger partial charge on any atom is -0.342 e. The molecule has 1 aromatic heterocycles. The first-order chi connectivity index (χ1) is 11.4. The van der Waals surface area contributed by atoms with Gasteiger partial charge in [0.1, 0.15) is 0 Å². The molecule has 1 aliphatic rings. The molecule has 136 valence electrons. The van der Waals surface area contributed by atoms with Gasteiger partial charge in [-0.15, -0.1) is 0 Å². The summed E-state index contributed by atoms with van der Waals surface area (Å²) < 4.78 is 2.06. The van der Waals surface area contributed by atoms with Crippen molar-refractivity contribution in [3.05, 3.63) is 17.0 Å². The van der Waals surface area contributed by atoms with Gasteiger partial charge in [-0.3, -0.25) is 9.48 Å². The van der Waals surface area contributed by atoms with E-state index in [1.54, 1.807) is 0 Å². The summed E-state index contributed by atoms with van der Waals surface area (Å²) in [6.07, 6.45) is 3.99. The highest BCUT2D eigenvalue weighted by Gasteiger charge is 2.24. The Morgan fingerprint density at radius 1 is 1.29 bits per heavy atom. The van der Waals surface area contributed by atoms with E-state index in [1.807, 2.05) is 14.0 Å². The molecule has 2 heterocycles. The molecule has 0 unspecified atom stereocenters. The molecule has 0 spiro atoms. The van der Waals surface area contributed by atoms with Crippen molar-refractivity contribution in [1.82, 2.24) is 20.0 Å². The molecule has 5 heteroatoms. The van der Waals surface area contributed by atoms with E-state index < -0.39 is 0 Å². The summed E-state index contributed by atoms with van der Waals surface area (Å²) in [5.74, 6) is 1.58. The highest BCUT2D eigenvalue weighted by Crippen LogP contribution is 2.22. The lowest BCUT2D eigenvalue weighted by molar-refractivity contribution is -0.131. The minimum absolute atomic E-state index is 0.261. The zero-order valence-corrected chi connectivity index (χ0v) is 16.1. The van der Waals surface area contributed by atoms with Gasteiger partial charge < -0.3 is 10.2 Å². The third-order valence-corrected chi connectivity index (χ3v) is 5.17. The largest absolute Gasteiger partial charge is 0.342 e. The Hall–Kier alpha value is -1.36. The van der Waals surface area contributed by atoms with Crippen molar-refractivity contribution in [2.75, 3.05) is 26.7 Å². The van der Waals surface area contributed by atoms with Gasteiger partial charge in [0, 0.05) is 30.9 Å². The molecule has 2 rings (SSSR count).